The first-order chi connectivity index (χ1) is 6.31. The van der Waals surface area contributed by atoms with Crippen LogP contribution < -0.4 is 0 Å². The zero-order chi connectivity index (χ0) is 9.26. The van der Waals surface area contributed by atoms with Gasteiger partial charge in [0.15, 0.2) is 5.78 Å². The number of aromatic nitrogens is 2. The minimum atomic E-state index is 0.123. The number of H-pyrrole nitrogens is 1. The smallest absolute Gasteiger partial charge is 0.178 e. The standard InChI is InChI=1S/C10H10N2O/c1-2-9(13)8-6-7-4-3-5-11-10(7)12-8/h3-6H,2H2,1H3,(H,11,12). The molecular weight excluding hydrogens is 164 g/mol. The highest BCUT2D eigenvalue weighted by molar-refractivity contribution is 5.98. The maximum absolute atomic E-state index is 11.3. The summed E-state index contributed by atoms with van der Waals surface area (Å²) in [6.07, 6.45) is 2.23. The van der Waals surface area contributed by atoms with Crippen LogP contribution in [0, 0.1) is 0 Å². The summed E-state index contributed by atoms with van der Waals surface area (Å²) in [5.41, 5.74) is 1.43. The maximum atomic E-state index is 11.3. The van der Waals surface area contributed by atoms with Gasteiger partial charge < -0.3 is 4.98 Å². The molecule has 2 aromatic rings. The third kappa shape index (κ3) is 1.33. The number of pyridine rings is 1. The fourth-order valence-electron chi connectivity index (χ4n) is 1.30. The molecule has 0 spiro atoms. The fourth-order valence-corrected chi connectivity index (χ4v) is 1.30. The van der Waals surface area contributed by atoms with Crippen LogP contribution in [-0.4, -0.2) is 15.8 Å². The van der Waals surface area contributed by atoms with Crippen LogP contribution >= 0.6 is 0 Å². The third-order valence-electron chi connectivity index (χ3n) is 2.01. The van der Waals surface area contributed by atoms with Crippen LogP contribution in [0.15, 0.2) is 24.4 Å². The predicted octanol–water partition coefficient (Wildman–Crippen LogP) is 2.16. The van der Waals surface area contributed by atoms with Crippen molar-refractivity contribution in [2.45, 2.75) is 13.3 Å². The zero-order valence-corrected chi connectivity index (χ0v) is 7.37. The Hall–Kier alpha value is -1.64. The SMILES string of the molecule is CCC(=O)c1cc2cccnc2[nH]1. The Bertz CT molecular complexity index is 412. The summed E-state index contributed by atoms with van der Waals surface area (Å²) in [6, 6.07) is 5.63. The van der Waals surface area contributed by atoms with Crippen LogP contribution in [0.3, 0.4) is 0 Å². The van der Waals surface area contributed by atoms with Crippen LogP contribution in [0.2, 0.25) is 0 Å². The van der Waals surface area contributed by atoms with E-state index in [1.807, 2.05) is 25.1 Å². The average molecular weight is 174 g/mol. The highest BCUT2D eigenvalue weighted by atomic mass is 16.1. The molecule has 0 aliphatic carbocycles. The van der Waals surface area contributed by atoms with Gasteiger partial charge in [-0.25, -0.2) is 4.98 Å². The average Bonchev–Trinajstić information content (AvgIpc) is 2.59. The first-order valence-electron chi connectivity index (χ1n) is 4.28. The molecule has 66 valence electrons. The summed E-state index contributed by atoms with van der Waals surface area (Å²) >= 11 is 0. The Morgan fingerprint density at radius 1 is 1.62 bits per heavy atom. The number of Topliss-reactive ketones (excluding diaryl/α,β-unsaturated/α-hetero) is 1. The Morgan fingerprint density at radius 2 is 2.46 bits per heavy atom. The normalized spacial score (nSPS) is 10.5. The first-order valence-corrected chi connectivity index (χ1v) is 4.28. The molecule has 0 bridgehead atoms. The molecule has 3 heteroatoms. The lowest BCUT2D eigenvalue weighted by Crippen LogP contribution is -1.95. The molecule has 2 aromatic heterocycles. The molecule has 0 saturated carbocycles. The Kier molecular flexibility index (Phi) is 1.85. The van der Waals surface area contributed by atoms with E-state index in [9.17, 15) is 4.79 Å². The number of nitrogens with one attached hydrogen (secondary N) is 1. The number of hydrogen-bond acceptors (Lipinski definition) is 2. The molecule has 0 unspecified atom stereocenters. The van der Waals surface area contributed by atoms with Crippen molar-refractivity contribution in [1.29, 1.82) is 0 Å². The van der Waals surface area contributed by atoms with E-state index in [1.54, 1.807) is 6.20 Å². The Morgan fingerprint density at radius 3 is 3.15 bits per heavy atom. The van der Waals surface area contributed by atoms with E-state index in [-0.39, 0.29) is 5.78 Å². The quantitative estimate of drug-likeness (QED) is 0.709. The molecule has 1 N–H and O–H groups in total. The molecule has 0 amide bonds. The van der Waals surface area contributed by atoms with Crippen molar-refractivity contribution in [1.82, 2.24) is 9.97 Å². The van der Waals surface area contributed by atoms with Gasteiger partial charge in [-0.1, -0.05) is 6.92 Å². The van der Waals surface area contributed by atoms with Crippen molar-refractivity contribution >= 4 is 16.8 Å². The Balaban J connectivity index is 2.56. The second-order valence-electron chi connectivity index (χ2n) is 2.90. The highest BCUT2D eigenvalue weighted by Gasteiger charge is 2.06. The van der Waals surface area contributed by atoms with Crippen LogP contribution in [0.25, 0.3) is 11.0 Å². The fraction of sp³-hybridized carbons (Fsp3) is 0.200. The molecule has 0 radical (unpaired) electrons. The second kappa shape index (κ2) is 3.01. The summed E-state index contributed by atoms with van der Waals surface area (Å²) in [7, 11) is 0. The number of rotatable bonds is 2. The van der Waals surface area contributed by atoms with E-state index < -0.39 is 0 Å². The lowest BCUT2D eigenvalue weighted by Gasteiger charge is -1.88. The van der Waals surface area contributed by atoms with E-state index in [2.05, 4.69) is 9.97 Å². The van der Waals surface area contributed by atoms with Crippen molar-refractivity contribution in [3.63, 3.8) is 0 Å². The summed E-state index contributed by atoms with van der Waals surface area (Å²) in [5.74, 6) is 0.123. The van der Waals surface area contributed by atoms with Gasteiger partial charge in [0.05, 0.1) is 5.69 Å². The molecule has 13 heavy (non-hydrogen) atoms. The summed E-state index contributed by atoms with van der Waals surface area (Å²) < 4.78 is 0. The van der Waals surface area contributed by atoms with Crippen molar-refractivity contribution < 1.29 is 4.79 Å². The number of fused-ring (bicyclic) bond motifs is 1. The van der Waals surface area contributed by atoms with Crippen LogP contribution in [0.4, 0.5) is 0 Å². The van der Waals surface area contributed by atoms with E-state index in [1.165, 1.54) is 0 Å². The molecular formula is C10H10N2O. The summed E-state index contributed by atoms with van der Waals surface area (Å²) in [5, 5.41) is 0.985. The zero-order valence-electron chi connectivity index (χ0n) is 7.37. The topological polar surface area (TPSA) is 45.8 Å². The van der Waals surface area contributed by atoms with Gasteiger partial charge in [0.1, 0.15) is 5.65 Å². The van der Waals surface area contributed by atoms with Crippen LogP contribution in [0.5, 0.6) is 0 Å². The number of nitrogens with zero attached hydrogens (tertiary/aromatic N) is 1. The van der Waals surface area contributed by atoms with Gasteiger partial charge in [0.2, 0.25) is 0 Å². The number of aromatic amines is 1. The monoisotopic (exact) mass is 174 g/mol. The summed E-state index contributed by atoms with van der Waals surface area (Å²) in [4.78, 5) is 18.4. The molecule has 3 nitrogen and oxygen atoms in total. The van der Waals surface area contributed by atoms with Gasteiger partial charge >= 0.3 is 0 Å². The van der Waals surface area contributed by atoms with E-state index in [4.69, 9.17) is 0 Å². The lowest BCUT2D eigenvalue weighted by atomic mass is 10.2. The minimum Gasteiger partial charge on any atom is -0.337 e. The molecule has 0 aliphatic heterocycles. The molecule has 0 saturated heterocycles. The minimum absolute atomic E-state index is 0.123. The number of carbonyl (C=O) groups excluding carboxylic acids is 1. The van der Waals surface area contributed by atoms with Crippen molar-refractivity contribution in [2.24, 2.45) is 0 Å². The van der Waals surface area contributed by atoms with Gasteiger partial charge in [-0.3, -0.25) is 4.79 Å². The van der Waals surface area contributed by atoms with E-state index in [0.29, 0.717) is 12.1 Å². The van der Waals surface area contributed by atoms with E-state index in [0.717, 1.165) is 11.0 Å². The molecule has 0 aromatic carbocycles. The number of hydrogen-bond donors (Lipinski definition) is 1. The van der Waals surface area contributed by atoms with Crippen molar-refractivity contribution in [2.75, 3.05) is 0 Å². The van der Waals surface area contributed by atoms with Crippen LogP contribution in [-0.2, 0) is 0 Å². The number of carbonyl (C=O) groups is 1. The molecule has 0 aliphatic rings. The van der Waals surface area contributed by atoms with Gasteiger partial charge in [-0.05, 0) is 18.2 Å². The van der Waals surface area contributed by atoms with Gasteiger partial charge in [0, 0.05) is 18.0 Å². The Labute approximate surface area is 75.8 Å². The highest BCUT2D eigenvalue weighted by Crippen LogP contribution is 2.13. The largest absolute Gasteiger partial charge is 0.337 e. The second-order valence-corrected chi connectivity index (χ2v) is 2.90. The van der Waals surface area contributed by atoms with E-state index >= 15 is 0 Å². The van der Waals surface area contributed by atoms with Gasteiger partial charge in [0.25, 0.3) is 0 Å². The third-order valence-corrected chi connectivity index (χ3v) is 2.01. The lowest BCUT2D eigenvalue weighted by molar-refractivity contribution is 0.0984. The van der Waals surface area contributed by atoms with Crippen molar-refractivity contribution in [3.05, 3.63) is 30.1 Å². The molecule has 0 fully saturated rings. The van der Waals surface area contributed by atoms with Gasteiger partial charge in [-0.2, -0.15) is 0 Å². The van der Waals surface area contributed by atoms with Gasteiger partial charge in [-0.15, -0.1) is 0 Å². The molecule has 0 atom stereocenters. The molecule has 2 heterocycles. The van der Waals surface area contributed by atoms with Crippen molar-refractivity contribution in [3.8, 4) is 0 Å². The van der Waals surface area contributed by atoms with Crippen LogP contribution in [0.1, 0.15) is 23.8 Å². The summed E-state index contributed by atoms with van der Waals surface area (Å²) in [6.45, 7) is 1.85. The first kappa shape index (κ1) is 7.98. The number of ketones is 1. The molecule has 2 rings (SSSR count). The predicted molar refractivity (Wildman–Crippen MR) is 50.7 cm³/mol. The maximum Gasteiger partial charge on any atom is 0.178 e.